The van der Waals surface area contributed by atoms with Crippen molar-refractivity contribution in [3.8, 4) is 11.4 Å². The maximum Gasteiger partial charge on any atom is 0.140 e. The first-order valence-electron chi connectivity index (χ1n) is 6.49. The Morgan fingerprint density at radius 3 is 2.37 bits per heavy atom. The maximum atomic E-state index is 4.73. The number of hydrogen-bond donors (Lipinski definition) is 1. The first kappa shape index (κ1) is 13.6. The van der Waals surface area contributed by atoms with E-state index in [2.05, 4.69) is 53.0 Å². The molecule has 0 aliphatic heterocycles. The van der Waals surface area contributed by atoms with Crippen LogP contribution in [0.1, 0.15) is 11.4 Å². The van der Waals surface area contributed by atoms with Gasteiger partial charge in [0.2, 0.25) is 0 Å². The van der Waals surface area contributed by atoms with Crippen molar-refractivity contribution in [1.82, 2.24) is 14.9 Å². The SMILES string of the molecule is CNCc1nc(-c2ccc(N(C)C)cc2)n(C)c1C. The Labute approximate surface area is 115 Å². The van der Waals surface area contributed by atoms with Crippen molar-refractivity contribution in [2.45, 2.75) is 13.5 Å². The van der Waals surface area contributed by atoms with E-state index >= 15 is 0 Å². The largest absolute Gasteiger partial charge is 0.378 e. The fraction of sp³-hybridized carbons (Fsp3) is 0.400. The Morgan fingerprint density at radius 1 is 1.21 bits per heavy atom. The van der Waals surface area contributed by atoms with Crippen LogP contribution in [0.4, 0.5) is 5.69 Å². The molecule has 1 heterocycles. The smallest absolute Gasteiger partial charge is 0.140 e. The number of hydrogen-bond acceptors (Lipinski definition) is 3. The number of nitrogens with one attached hydrogen (secondary N) is 1. The molecule has 0 fully saturated rings. The predicted molar refractivity (Wildman–Crippen MR) is 80.5 cm³/mol. The number of benzene rings is 1. The molecule has 1 N–H and O–H groups in total. The van der Waals surface area contributed by atoms with Crippen LogP contribution < -0.4 is 10.2 Å². The number of aromatic nitrogens is 2. The van der Waals surface area contributed by atoms with Gasteiger partial charge in [-0.15, -0.1) is 0 Å². The highest BCUT2D eigenvalue weighted by Crippen LogP contribution is 2.23. The minimum atomic E-state index is 0.801. The zero-order chi connectivity index (χ0) is 14.0. The quantitative estimate of drug-likeness (QED) is 0.912. The van der Waals surface area contributed by atoms with Crippen molar-refractivity contribution >= 4 is 5.69 Å². The van der Waals surface area contributed by atoms with Crippen LogP contribution in [0.3, 0.4) is 0 Å². The third-order valence-corrected chi connectivity index (χ3v) is 3.47. The van der Waals surface area contributed by atoms with Crippen molar-refractivity contribution in [1.29, 1.82) is 0 Å². The minimum absolute atomic E-state index is 0.801. The lowest BCUT2D eigenvalue weighted by Gasteiger charge is -2.12. The van der Waals surface area contributed by atoms with Crippen LogP contribution in [-0.2, 0) is 13.6 Å². The molecule has 0 radical (unpaired) electrons. The minimum Gasteiger partial charge on any atom is -0.378 e. The van der Waals surface area contributed by atoms with Crippen molar-refractivity contribution in [2.24, 2.45) is 7.05 Å². The van der Waals surface area contributed by atoms with Gasteiger partial charge in [0.15, 0.2) is 0 Å². The molecular formula is C15H22N4. The summed E-state index contributed by atoms with van der Waals surface area (Å²) in [4.78, 5) is 6.83. The molecule has 2 aromatic rings. The van der Waals surface area contributed by atoms with Crippen LogP contribution in [-0.4, -0.2) is 30.7 Å². The molecule has 4 nitrogen and oxygen atoms in total. The lowest BCUT2D eigenvalue weighted by molar-refractivity contribution is 0.783. The molecule has 0 saturated heterocycles. The maximum absolute atomic E-state index is 4.73. The summed E-state index contributed by atoms with van der Waals surface area (Å²) in [6.07, 6.45) is 0. The first-order valence-corrected chi connectivity index (χ1v) is 6.49. The van der Waals surface area contributed by atoms with Crippen molar-refractivity contribution in [2.75, 3.05) is 26.0 Å². The summed E-state index contributed by atoms with van der Waals surface area (Å²) < 4.78 is 2.15. The van der Waals surface area contributed by atoms with Crippen molar-refractivity contribution in [3.05, 3.63) is 35.7 Å². The van der Waals surface area contributed by atoms with Crippen LogP contribution in [0.15, 0.2) is 24.3 Å². The number of imidazole rings is 1. The molecule has 0 atom stereocenters. The summed E-state index contributed by atoms with van der Waals surface area (Å²) in [7, 11) is 8.10. The fourth-order valence-corrected chi connectivity index (χ4v) is 2.14. The Bertz CT molecular complexity index is 552. The van der Waals surface area contributed by atoms with E-state index in [1.807, 2.05) is 21.1 Å². The molecule has 0 aliphatic rings. The van der Waals surface area contributed by atoms with Crippen LogP contribution >= 0.6 is 0 Å². The molecule has 0 saturated carbocycles. The van der Waals surface area contributed by atoms with E-state index in [4.69, 9.17) is 4.98 Å². The van der Waals surface area contributed by atoms with Gasteiger partial charge >= 0.3 is 0 Å². The second-order valence-electron chi connectivity index (χ2n) is 5.00. The van der Waals surface area contributed by atoms with Gasteiger partial charge in [-0.25, -0.2) is 4.98 Å². The van der Waals surface area contributed by atoms with Gasteiger partial charge in [0.25, 0.3) is 0 Å². The molecule has 0 bridgehead atoms. The van der Waals surface area contributed by atoms with Gasteiger partial charge in [-0.2, -0.15) is 0 Å². The van der Waals surface area contributed by atoms with Gasteiger partial charge in [0.1, 0.15) is 5.82 Å². The average Bonchev–Trinajstić information content (AvgIpc) is 2.68. The normalized spacial score (nSPS) is 10.8. The summed E-state index contributed by atoms with van der Waals surface area (Å²) in [5.41, 5.74) is 4.67. The third-order valence-electron chi connectivity index (χ3n) is 3.47. The summed E-state index contributed by atoms with van der Waals surface area (Å²) in [6, 6.07) is 8.49. The molecule has 102 valence electrons. The van der Waals surface area contributed by atoms with Gasteiger partial charge in [-0.05, 0) is 38.2 Å². The van der Waals surface area contributed by atoms with Gasteiger partial charge in [0, 0.05) is 44.6 Å². The number of anilines is 1. The predicted octanol–water partition coefficient (Wildman–Crippen LogP) is 2.18. The molecule has 1 aromatic heterocycles. The van der Waals surface area contributed by atoms with Gasteiger partial charge < -0.3 is 14.8 Å². The van der Waals surface area contributed by atoms with Crippen LogP contribution in [0.5, 0.6) is 0 Å². The van der Waals surface area contributed by atoms with E-state index in [1.165, 1.54) is 11.4 Å². The standard InChI is InChI=1S/C15H22N4/c1-11-14(10-16-2)17-15(19(11)5)12-6-8-13(9-7-12)18(3)4/h6-9,16H,10H2,1-5H3. The molecule has 19 heavy (non-hydrogen) atoms. The van der Waals surface area contributed by atoms with E-state index in [0.29, 0.717) is 0 Å². The van der Waals surface area contributed by atoms with Gasteiger partial charge in [-0.1, -0.05) is 0 Å². The second-order valence-corrected chi connectivity index (χ2v) is 5.00. The lowest BCUT2D eigenvalue weighted by atomic mass is 10.2. The molecular weight excluding hydrogens is 236 g/mol. The summed E-state index contributed by atoms with van der Waals surface area (Å²) >= 11 is 0. The molecule has 0 spiro atoms. The summed E-state index contributed by atoms with van der Waals surface area (Å²) in [5, 5.41) is 3.16. The monoisotopic (exact) mass is 258 g/mol. The lowest BCUT2D eigenvalue weighted by Crippen LogP contribution is -2.08. The van der Waals surface area contributed by atoms with Gasteiger partial charge in [-0.3, -0.25) is 0 Å². The van der Waals surface area contributed by atoms with E-state index in [1.54, 1.807) is 0 Å². The highest BCUT2D eigenvalue weighted by molar-refractivity contribution is 5.61. The fourth-order valence-electron chi connectivity index (χ4n) is 2.14. The molecule has 1 aromatic carbocycles. The van der Waals surface area contributed by atoms with Crippen molar-refractivity contribution < 1.29 is 0 Å². The van der Waals surface area contributed by atoms with E-state index in [-0.39, 0.29) is 0 Å². The van der Waals surface area contributed by atoms with Crippen molar-refractivity contribution in [3.63, 3.8) is 0 Å². The van der Waals surface area contributed by atoms with Crippen LogP contribution in [0.25, 0.3) is 11.4 Å². The van der Waals surface area contributed by atoms with E-state index < -0.39 is 0 Å². The first-order chi connectivity index (χ1) is 9.04. The zero-order valence-electron chi connectivity index (χ0n) is 12.4. The van der Waals surface area contributed by atoms with E-state index in [0.717, 1.165) is 23.6 Å². The molecule has 4 heteroatoms. The Balaban J connectivity index is 2.38. The summed E-state index contributed by atoms with van der Waals surface area (Å²) in [6.45, 7) is 2.91. The molecule has 0 amide bonds. The highest BCUT2D eigenvalue weighted by atomic mass is 15.1. The molecule has 0 aliphatic carbocycles. The average molecular weight is 258 g/mol. The van der Waals surface area contributed by atoms with Gasteiger partial charge in [0.05, 0.1) is 5.69 Å². The molecule has 0 unspecified atom stereocenters. The second kappa shape index (κ2) is 5.45. The summed E-state index contributed by atoms with van der Waals surface area (Å²) in [5.74, 6) is 1.02. The zero-order valence-corrected chi connectivity index (χ0v) is 12.4. The van der Waals surface area contributed by atoms with E-state index in [9.17, 15) is 0 Å². The Morgan fingerprint density at radius 2 is 1.84 bits per heavy atom. The molecule has 2 rings (SSSR count). The highest BCUT2D eigenvalue weighted by Gasteiger charge is 2.12. The van der Waals surface area contributed by atoms with Crippen LogP contribution in [0, 0.1) is 6.92 Å². The van der Waals surface area contributed by atoms with Crippen LogP contribution in [0.2, 0.25) is 0 Å². The Hall–Kier alpha value is -1.81. The topological polar surface area (TPSA) is 33.1 Å². The Kier molecular flexibility index (Phi) is 3.90. The number of nitrogens with zero attached hydrogens (tertiary/aromatic N) is 3. The third kappa shape index (κ3) is 2.63. The number of rotatable bonds is 4.